The molecule has 0 aromatic rings. The molecule has 2 fully saturated rings. The first-order valence-electron chi connectivity index (χ1n) is 5.19. The van der Waals surface area contributed by atoms with Crippen LogP contribution in [0.4, 0.5) is 0 Å². The van der Waals surface area contributed by atoms with Crippen molar-refractivity contribution in [2.75, 3.05) is 13.2 Å². The monoisotopic (exact) mass is 169 g/mol. The summed E-state index contributed by atoms with van der Waals surface area (Å²) in [5.41, 5.74) is 6.21. The van der Waals surface area contributed by atoms with Gasteiger partial charge in [0.05, 0.1) is 6.10 Å². The van der Waals surface area contributed by atoms with Gasteiger partial charge in [0.2, 0.25) is 0 Å². The summed E-state index contributed by atoms with van der Waals surface area (Å²) in [6, 6.07) is 0. The molecule has 1 heterocycles. The maximum Gasteiger partial charge on any atom is 0.0754 e. The summed E-state index contributed by atoms with van der Waals surface area (Å²) in [6.07, 6.45) is 8.54. The maximum atomic E-state index is 5.71. The van der Waals surface area contributed by atoms with Crippen LogP contribution in [0.2, 0.25) is 0 Å². The van der Waals surface area contributed by atoms with Crippen molar-refractivity contribution in [3.63, 3.8) is 0 Å². The first kappa shape index (κ1) is 8.52. The van der Waals surface area contributed by atoms with E-state index in [-0.39, 0.29) is 0 Å². The van der Waals surface area contributed by atoms with Gasteiger partial charge in [0.15, 0.2) is 0 Å². The highest BCUT2D eigenvalue weighted by Crippen LogP contribution is 2.46. The molecule has 1 unspecified atom stereocenters. The van der Waals surface area contributed by atoms with Crippen molar-refractivity contribution >= 4 is 0 Å². The zero-order chi connectivity index (χ0) is 8.44. The van der Waals surface area contributed by atoms with E-state index < -0.39 is 0 Å². The third-order valence-electron chi connectivity index (χ3n) is 3.67. The summed E-state index contributed by atoms with van der Waals surface area (Å²) in [7, 11) is 0. The van der Waals surface area contributed by atoms with Crippen molar-refractivity contribution in [2.24, 2.45) is 11.1 Å². The molecule has 0 amide bonds. The highest BCUT2D eigenvalue weighted by atomic mass is 16.5. The van der Waals surface area contributed by atoms with Crippen LogP contribution in [0.3, 0.4) is 0 Å². The SMILES string of the molecule is NCC1OCCC12CCCCC2. The number of hydrogen-bond donors (Lipinski definition) is 1. The number of hydrogen-bond acceptors (Lipinski definition) is 2. The largest absolute Gasteiger partial charge is 0.376 e. The van der Waals surface area contributed by atoms with Gasteiger partial charge in [-0.15, -0.1) is 0 Å². The van der Waals surface area contributed by atoms with Crippen molar-refractivity contribution < 1.29 is 4.74 Å². The second-order valence-electron chi connectivity index (χ2n) is 4.27. The third kappa shape index (κ3) is 1.27. The zero-order valence-corrected chi connectivity index (χ0v) is 7.72. The first-order valence-corrected chi connectivity index (χ1v) is 5.19. The van der Waals surface area contributed by atoms with Crippen molar-refractivity contribution in [3.05, 3.63) is 0 Å². The lowest BCUT2D eigenvalue weighted by atomic mass is 9.69. The molecular weight excluding hydrogens is 150 g/mol. The molecular formula is C10H19NO. The van der Waals surface area contributed by atoms with Gasteiger partial charge in [-0.2, -0.15) is 0 Å². The molecule has 0 radical (unpaired) electrons. The van der Waals surface area contributed by atoms with Crippen LogP contribution >= 0.6 is 0 Å². The van der Waals surface area contributed by atoms with Crippen LogP contribution in [-0.2, 0) is 4.74 Å². The molecule has 2 aliphatic rings. The van der Waals surface area contributed by atoms with Gasteiger partial charge in [0, 0.05) is 13.2 Å². The second kappa shape index (κ2) is 3.35. The smallest absolute Gasteiger partial charge is 0.0754 e. The lowest BCUT2D eigenvalue weighted by Crippen LogP contribution is -2.38. The van der Waals surface area contributed by atoms with E-state index in [2.05, 4.69) is 0 Å². The normalized spacial score (nSPS) is 34.2. The molecule has 1 aliphatic heterocycles. The molecule has 2 rings (SSSR count). The average Bonchev–Trinajstić information content (AvgIpc) is 2.49. The number of nitrogens with two attached hydrogens (primary N) is 1. The van der Waals surface area contributed by atoms with Gasteiger partial charge in [-0.3, -0.25) is 0 Å². The second-order valence-corrected chi connectivity index (χ2v) is 4.27. The Balaban J connectivity index is 2.05. The van der Waals surface area contributed by atoms with Crippen molar-refractivity contribution in [3.8, 4) is 0 Å². The number of ether oxygens (including phenoxy) is 1. The lowest BCUT2D eigenvalue weighted by molar-refractivity contribution is 0.0348. The summed E-state index contributed by atoms with van der Waals surface area (Å²) in [5.74, 6) is 0. The van der Waals surface area contributed by atoms with Gasteiger partial charge in [-0.05, 0) is 24.7 Å². The van der Waals surface area contributed by atoms with Crippen LogP contribution in [0, 0.1) is 5.41 Å². The first-order chi connectivity index (χ1) is 5.87. The van der Waals surface area contributed by atoms with Crippen molar-refractivity contribution in [1.82, 2.24) is 0 Å². The fraction of sp³-hybridized carbons (Fsp3) is 1.00. The molecule has 1 saturated heterocycles. The van der Waals surface area contributed by atoms with E-state index in [1.807, 2.05) is 0 Å². The minimum absolute atomic E-state index is 0.373. The molecule has 70 valence electrons. The van der Waals surface area contributed by atoms with E-state index in [1.54, 1.807) is 0 Å². The number of rotatable bonds is 1. The Morgan fingerprint density at radius 1 is 1.17 bits per heavy atom. The molecule has 1 saturated carbocycles. The highest BCUT2D eigenvalue weighted by molar-refractivity contribution is 4.93. The van der Waals surface area contributed by atoms with Crippen LogP contribution in [0.15, 0.2) is 0 Å². The van der Waals surface area contributed by atoms with Crippen LogP contribution in [0.5, 0.6) is 0 Å². The Morgan fingerprint density at radius 3 is 2.58 bits per heavy atom. The summed E-state index contributed by atoms with van der Waals surface area (Å²) < 4.78 is 5.67. The molecule has 1 atom stereocenters. The molecule has 0 bridgehead atoms. The molecule has 2 N–H and O–H groups in total. The molecule has 2 heteroatoms. The van der Waals surface area contributed by atoms with E-state index in [4.69, 9.17) is 10.5 Å². The Bertz CT molecular complexity index is 152. The predicted octanol–water partition coefficient (Wildman–Crippen LogP) is 1.68. The van der Waals surface area contributed by atoms with Gasteiger partial charge < -0.3 is 10.5 Å². The van der Waals surface area contributed by atoms with E-state index in [0.29, 0.717) is 11.5 Å². The third-order valence-corrected chi connectivity index (χ3v) is 3.67. The van der Waals surface area contributed by atoms with Gasteiger partial charge >= 0.3 is 0 Å². The van der Waals surface area contributed by atoms with Crippen LogP contribution in [-0.4, -0.2) is 19.3 Å². The topological polar surface area (TPSA) is 35.2 Å². The van der Waals surface area contributed by atoms with Gasteiger partial charge in [0.1, 0.15) is 0 Å². The quantitative estimate of drug-likeness (QED) is 0.648. The molecule has 1 spiro atoms. The summed E-state index contributed by atoms with van der Waals surface area (Å²) >= 11 is 0. The van der Waals surface area contributed by atoms with E-state index >= 15 is 0 Å². The minimum Gasteiger partial charge on any atom is -0.376 e. The molecule has 2 nitrogen and oxygen atoms in total. The average molecular weight is 169 g/mol. The minimum atomic E-state index is 0.373. The Kier molecular flexibility index (Phi) is 2.37. The van der Waals surface area contributed by atoms with Gasteiger partial charge in [0.25, 0.3) is 0 Å². The van der Waals surface area contributed by atoms with Crippen molar-refractivity contribution in [2.45, 2.75) is 44.6 Å². The molecule has 1 aliphatic carbocycles. The molecule has 0 aromatic heterocycles. The Labute approximate surface area is 74.5 Å². The van der Waals surface area contributed by atoms with E-state index in [9.17, 15) is 0 Å². The predicted molar refractivity (Wildman–Crippen MR) is 48.9 cm³/mol. The van der Waals surface area contributed by atoms with Crippen LogP contribution in [0.1, 0.15) is 38.5 Å². The standard InChI is InChI=1S/C10H19NO/c11-8-9-10(6-7-12-9)4-2-1-3-5-10/h9H,1-8,11H2. The van der Waals surface area contributed by atoms with E-state index in [0.717, 1.165) is 13.2 Å². The summed E-state index contributed by atoms with van der Waals surface area (Å²) in [6.45, 7) is 1.67. The zero-order valence-electron chi connectivity index (χ0n) is 7.72. The van der Waals surface area contributed by atoms with Crippen molar-refractivity contribution in [1.29, 1.82) is 0 Å². The lowest BCUT2D eigenvalue weighted by Gasteiger charge is -2.36. The van der Waals surface area contributed by atoms with Gasteiger partial charge in [-0.25, -0.2) is 0 Å². The fourth-order valence-corrected chi connectivity index (χ4v) is 2.89. The van der Waals surface area contributed by atoms with E-state index in [1.165, 1.54) is 38.5 Å². The highest BCUT2D eigenvalue weighted by Gasteiger charge is 2.43. The van der Waals surface area contributed by atoms with Crippen LogP contribution < -0.4 is 5.73 Å². The summed E-state index contributed by atoms with van der Waals surface area (Å²) in [4.78, 5) is 0. The Morgan fingerprint density at radius 2 is 1.92 bits per heavy atom. The Hall–Kier alpha value is -0.0800. The fourth-order valence-electron chi connectivity index (χ4n) is 2.89. The molecule has 12 heavy (non-hydrogen) atoms. The summed E-state index contributed by atoms with van der Waals surface area (Å²) in [5, 5.41) is 0. The maximum absolute atomic E-state index is 5.71. The molecule has 0 aromatic carbocycles. The van der Waals surface area contributed by atoms with Crippen LogP contribution in [0.25, 0.3) is 0 Å². The van der Waals surface area contributed by atoms with Gasteiger partial charge in [-0.1, -0.05) is 19.3 Å².